The van der Waals surface area contributed by atoms with Gasteiger partial charge in [-0.1, -0.05) is 0 Å². The number of halogens is 1. The van der Waals surface area contributed by atoms with Crippen LogP contribution in [0.2, 0.25) is 0 Å². The molecule has 1 aromatic rings. The molecule has 0 spiro atoms. The van der Waals surface area contributed by atoms with Crippen LogP contribution in [0.4, 0.5) is 0 Å². The molecule has 1 aliphatic heterocycles. The summed E-state index contributed by atoms with van der Waals surface area (Å²) >= 11 is 5.75. The Hall–Kier alpha value is -0.540. The van der Waals surface area contributed by atoms with Gasteiger partial charge in [0.1, 0.15) is 0 Å². The second-order valence-corrected chi connectivity index (χ2v) is 4.74. The predicted molar refractivity (Wildman–Crippen MR) is 57.9 cm³/mol. The molecule has 4 heteroatoms. The lowest BCUT2D eigenvalue weighted by molar-refractivity contribution is 0.0751. The minimum absolute atomic E-state index is 0.419. The fourth-order valence-corrected chi connectivity index (χ4v) is 2.56. The highest BCUT2D eigenvalue weighted by molar-refractivity contribution is 6.16. The maximum Gasteiger partial charge on any atom is 0.0953 e. The lowest BCUT2D eigenvalue weighted by Gasteiger charge is -2.18. The molecule has 0 bridgehead atoms. The summed E-state index contributed by atoms with van der Waals surface area (Å²) < 4.78 is 7.99. The van der Waals surface area contributed by atoms with Crippen molar-refractivity contribution in [3.8, 4) is 0 Å². The molecule has 0 radical (unpaired) electrons. The third kappa shape index (κ3) is 1.79. The standard InChI is InChI=1S/C11H15ClN2O/c12-5-9-6-14(7-13-9)10-3-4-15-11(10)8-1-2-8/h6-8,10-11H,1-5H2. The summed E-state index contributed by atoms with van der Waals surface area (Å²) in [4.78, 5) is 4.27. The second kappa shape index (κ2) is 3.80. The van der Waals surface area contributed by atoms with Crippen LogP contribution in [-0.4, -0.2) is 22.3 Å². The lowest BCUT2D eigenvalue weighted by atomic mass is 10.1. The summed E-state index contributed by atoms with van der Waals surface area (Å²) in [5.41, 5.74) is 0.957. The molecule has 1 aliphatic carbocycles. The fraction of sp³-hybridized carbons (Fsp3) is 0.727. The Bertz CT molecular complexity index is 348. The molecule has 0 amide bonds. The van der Waals surface area contributed by atoms with Crippen molar-refractivity contribution < 1.29 is 4.74 Å². The van der Waals surface area contributed by atoms with Crippen molar-refractivity contribution in [1.29, 1.82) is 0 Å². The SMILES string of the molecule is ClCc1cn(C2CCOC2C2CC2)cn1. The zero-order chi connectivity index (χ0) is 10.3. The van der Waals surface area contributed by atoms with Crippen LogP contribution in [0.3, 0.4) is 0 Å². The van der Waals surface area contributed by atoms with Gasteiger partial charge in [-0.2, -0.15) is 0 Å². The number of alkyl halides is 1. The van der Waals surface area contributed by atoms with E-state index in [0.29, 0.717) is 18.0 Å². The Kier molecular flexibility index (Phi) is 2.45. The Morgan fingerprint density at radius 2 is 2.33 bits per heavy atom. The van der Waals surface area contributed by atoms with E-state index in [2.05, 4.69) is 15.7 Å². The van der Waals surface area contributed by atoms with Gasteiger partial charge in [0.15, 0.2) is 0 Å². The van der Waals surface area contributed by atoms with Gasteiger partial charge in [-0.25, -0.2) is 4.98 Å². The van der Waals surface area contributed by atoms with Gasteiger partial charge < -0.3 is 9.30 Å². The zero-order valence-corrected chi connectivity index (χ0v) is 9.36. The van der Waals surface area contributed by atoms with Crippen LogP contribution in [0.25, 0.3) is 0 Å². The van der Waals surface area contributed by atoms with E-state index < -0.39 is 0 Å². The van der Waals surface area contributed by atoms with Crippen molar-refractivity contribution in [2.75, 3.05) is 6.61 Å². The largest absolute Gasteiger partial charge is 0.376 e. The first-order chi connectivity index (χ1) is 7.38. The monoisotopic (exact) mass is 226 g/mol. The molecule has 1 saturated carbocycles. The minimum Gasteiger partial charge on any atom is -0.376 e. The van der Waals surface area contributed by atoms with Crippen molar-refractivity contribution >= 4 is 11.6 Å². The summed E-state index contributed by atoms with van der Waals surface area (Å²) in [6, 6.07) is 0.488. The topological polar surface area (TPSA) is 27.1 Å². The van der Waals surface area contributed by atoms with Crippen LogP contribution in [0.1, 0.15) is 31.0 Å². The van der Waals surface area contributed by atoms with E-state index in [1.165, 1.54) is 12.8 Å². The first kappa shape index (κ1) is 9.67. The van der Waals surface area contributed by atoms with Gasteiger partial charge >= 0.3 is 0 Å². The van der Waals surface area contributed by atoms with Gasteiger partial charge in [-0.05, 0) is 25.2 Å². The molecule has 82 valence electrons. The fourth-order valence-electron chi connectivity index (χ4n) is 2.42. The number of hydrogen-bond acceptors (Lipinski definition) is 2. The summed E-state index contributed by atoms with van der Waals surface area (Å²) in [7, 11) is 0. The molecular formula is C11H15ClN2O. The van der Waals surface area contributed by atoms with Crippen molar-refractivity contribution in [1.82, 2.24) is 9.55 Å². The third-order valence-corrected chi connectivity index (χ3v) is 3.64. The van der Waals surface area contributed by atoms with Gasteiger partial charge in [0.05, 0.1) is 30.0 Å². The van der Waals surface area contributed by atoms with E-state index >= 15 is 0 Å². The summed E-state index contributed by atoms with van der Waals surface area (Å²) in [5, 5.41) is 0. The maximum atomic E-state index is 5.81. The molecule has 1 aromatic heterocycles. The third-order valence-electron chi connectivity index (χ3n) is 3.36. The predicted octanol–water partition coefficient (Wildman–Crippen LogP) is 2.36. The van der Waals surface area contributed by atoms with E-state index in [4.69, 9.17) is 16.3 Å². The Labute approximate surface area is 94.4 Å². The summed E-state index contributed by atoms with van der Waals surface area (Å²) in [6.07, 6.45) is 8.14. The number of rotatable bonds is 3. The van der Waals surface area contributed by atoms with Crippen molar-refractivity contribution in [3.63, 3.8) is 0 Å². The number of nitrogens with zero attached hydrogens (tertiary/aromatic N) is 2. The van der Waals surface area contributed by atoms with Gasteiger partial charge in [0, 0.05) is 12.8 Å². The molecule has 3 nitrogen and oxygen atoms in total. The van der Waals surface area contributed by atoms with Crippen molar-refractivity contribution in [3.05, 3.63) is 18.2 Å². The Morgan fingerprint density at radius 3 is 3.00 bits per heavy atom. The number of imidazole rings is 1. The highest BCUT2D eigenvalue weighted by Crippen LogP contribution is 2.43. The molecule has 3 rings (SSSR count). The highest BCUT2D eigenvalue weighted by atomic mass is 35.5. The summed E-state index contributed by atoms with van der Waals surface area (Å²) in [5.74, 6) is 1.29. The zero-order valence-electron chi connectivity index (χ0n) is 8.60. The van der Waals surface area contributed by atoms with Gasteiger partial charge in [-0.15, -0.1) is 11.6 Å². The molecule has 2 heterocycles. The van der Waals surface area contributed by atoms with Crippen LogP contribution in [0.5, 0.6) is 0 Å². The number of hydrogen-bond donors (Lipinski definition) is 0. The van der Waals surface area contributed by atoms with Crippen molar-refractivity contribution in [2.24, 2.45) is 5.92 Å². The van der Waals surface area contributed by atoms with E-state index in [1.54, 1.807) is 0 Å². The Balaban J connectivity index is 1.79. The van der Waals surface area contributed by atoms with Gasteiger partial charge in [0.2, 0.25) is 0 Å². The lowest BCUT2D eigenvalue weighted by Crippen LogP contribution is -2.21. The second-order valence-electron chi connectivity index (χ2n) is 4.47. The van der Waals surface area contributed by atoms with Gasteiger partial charge in [-0.3, -0.25) is 0 Å². The van der Waals surface area contributed by atoms with Crippen LogP contribution < -0.4 is 0 Å². The quantitative estimate of drug-likeness (QED) is 0.740. The van der Waals surface area contributed by atoms with Crippen LogP contribution in [-0.2, 0) is 10.6 Å². The average molecular weight is 227 g/mol. The van der Waals surface area contributed by atoms with E-state index in [0.717, 1.165) is 24.6 Å². The molecule has 2 atom stereocenters. The van der Waals surface area contributed by atoms with E-state index in [9.17, 15) is 0 Å². The molecule has 2 fully saturated rings. The first-order valence-electron chi connectivity index (χ1n) is 5.58. The number of ether oxygens (including phenoxy) is 1. The molecule has 1 saturated heterocycles. The molecule has 0 N–H and O–H groups in total. The Morgan fingerprint density at radius 1 is 1.47 bits per heavy atom. The number of aromatic nitrogens is 2. The molecular weight excluding hydrogens is 212 g/mol. The summed E-state index contributed by atoms with van der Waals surface area (Å²) in [6.45, 7) is 0.889. The highest BCUT2D eigenvalue weighted by Gasteiger charge is 2.41. The van der Waals surface area contributed by atoms with Gasteiger partial charge in [0.25, 0.3) is 0 Å². The van der Waals surface area contributed by atoms with E-state index in [-0.39, 0.29) is 0 Å². The minimum atomic E-state index is 0.419. The van der Waals surface area contributed by atoms with Crippen molar-refractivity contribution in [2.45, 2.75) is 37.3 Å². The molecule has 0 aromatic carbocycles. The van der Waals surface area contributed by atoms with E-state index in [1.807, 2.05) is 6.33 Å². The maximum absolute atomic E-state index is 5.81. The molecule has 15 heavy (non-hydrogen) atoms. The molecule has 2 aliphatic rings. The molecule has 2 unspecified atom stereocenters. The first-order valence-corrected chi connectivity index (χ1v) is 6.12. The van der Waals surface area contributed by atoms with Crippen LogP contribution in [0.15, 0.2) is 12.5 Å². The normalized spacial score (nSPS) is 31.0. The smallest absolute Gasteiger partial charge is 0.0953 e. The van der Waals surface area contributed by atoms with Crippen LogP contribution in [0, 0.1) is 5.92 Å². The average Bonchev–Trinajstić information content (AvgIpc) is 2.83. The van der Waals surface area contributed by atoms with Crippen LogP contribution >= 0.6 is 11.6 Å².